The molecule has 6 nitrogen and oxygen atoms in total. The zero-order valence-electron chi connectivity index (χ0n) is 19.2. The fraction of sp³-hybridized carbons (Fsp3) is 0.346. The molecule has 1 amide bonds. The lowest BCUT2D eigenvalue weighted by molar-refractivity contribution is -0.116. The molecule has 1 aromatic heterocycles. The Morgan fingerprint density at radius 3 is 2.59 bits per heavy atom. The van der Waals surface area contributed by atoms with Crippen molar-refractivity contribution in [3.05, 3.63) is 54.3 Å². The van der Waals surface area contributed by atoms with Crippen molar-refractivity contribution >= 4 is 22.4 Å². The van der Waals surface area contributed by atoms with E-state index in [1.54, 1.807) is 19.4 Å². The van der Waals surface area contributed by atoms with Gasteiger partial charge in [-0.25, -0.2) is 0 Å². The number of nitrogens with one attached hydrogen (secondary N) is 1. The Labute approximate surface area is 189 Å². The molecule has 0 aliphatic heterocycles. The number of benzene rings is 2. The minimum Gasteiger partial charge on any atom is -0.497 e. The van der Waals surface area contributed by atoms with E-state index >= 15 is 0 Å². The lowest BCUT2D eigenvalue weighted by Crippen LogP contribution is -2.23. The van der Waals surface area contributed by atoms with E-state index in [0.717, 1.165) is 45.4 Å². The summed E-state index contributed by atoms with van der Waals surface area (Å²) in [5.41, 5.74) is 4.41. The molecule has 0 bridgehead atoms. The second-order valence-corrected chi connectivity index (χ2v) is 7.32. The van der Waals surface area contributed by atoms with E-state index in [9.17, 15) is 4.79 Å². The maximum atomic E-state index is 12.4. The summed E-state index contributed by atoms with van der Waals surface area (Å²) in [6.45, 7) is 8.21. The van der Waals surface area contributed by atoms with Crippen LogP contribution in [0.5, 0.6) is 11.5 Å². The predicted molar refractivity (Wildman–Crippen MR) is 127 cm³/mol. The predicted octanol–water partition coefficient (Wildman–Crippen LogP) is 5.45. The molecule has 0 saturated carbocycles. The van der Waals surface area contributed by atoms with Gasteiger partial charge in [-0.05, 0) is 56.5 Å². The van der Waals surface area contributed by atoms with Crippen LogP contribution in [0.25, 0.3) is 27.7 Å². The molecule has 1 heterocycles. The van der Waals surface area contributed by atoms with Crippen LogP contribution in [0.2, 0.25) is 0 Å². The van der Waals surface area contributed by atoms with E-state index in [-0.39, 0.29) is 5.91 Å². The molecule has 0 aliphatic carbocycles. The molecule has 3 rings (SSSR count). The number of methoxy groups -OCH3 is 1. The van der Waals surface area contributed by atoms with E-state index in [0.29, 0.717) is 32.1 Å². The fourth-order valence-electron chi connectivity index (χ4n) is 3.49. The zero-order chi connectivity index (χ0) is 22.9. The number of rotatable bonds is 11. The summed E-state index contributed by atoms with van der Waals surface area (Å²) in [5.74, 6) is 1.35. The van der Waals surface area contributed by atoms with Crippen molar-refractivity contribution < 1.29 is 23.4 Å². The number of carbonyl (C=O) groups is 1. The number of furan rings is 1. The van der Waals surface area contributed by atoms with Gasteiger partial charge in [0.15, 0.2) is 0 Å². The first-order valence-corrected chi connectivity index (χ1v) is 10.9. The number of hydrogen-bond acceptors (Lipinski definition) is 5. The van der Waals surface area contributed by atoms with Gasteiger partial charge in [-0.15, -0.1) is 0 Å². The largest absolute Gasteiger partial charge is 0.497 e. The molecule has 2 aromatic carbocycles. The van der Waals surface area contributed by atoms with Gasteiger partial charge in [-0.1, -0.05) is 12.1 Å². The summed E-state index contributed by atoms with van der Waals surface area (Å²) in [6.07, 6.45) is 4.14. The third kappa shape index (κ3) is 5.71. The first kappa shape index (κ1) is 23.4. The Hall–Kier alpha value is -3.25. The first-order valence-electron chi connectivity index (χ1n) is 10.9. The lowest BCUT2D eigenvalue weighted by atomic mass is 9.99. The monoisotopic (exact) mass is 437 g/mol. The average Bonchev–Trinajstić information content (AvgIpc) is 3.21. The fourth-order valence-corrected chi connectivity index (χ4v) is 3.49. The van der Waals surface area contributed by atoms with Crippen molar-refractivity contribution in [3.63, 3.8) is 0 Å². The van der Waals surface area contributed by atoms with Gasteiger partial charge in [0, 0.05) is 48.4 Å². The van der Waals surface area contributed by atoms with E-state index in [4.69, 9.17) is 18.6 Å². The standard InChI is InChI=1S/C26H31NO5/c1-5-30-13-7-12-27-26(28)14-18(3)21-15-22-23(19-8-10-20(29-4)11-9-19)17-32-25(22)16-24(21)31-6-2/h8-11,14-17H,5-7,12-13H2,1-4H3,(H,27,28)/b18-14+. The zero-order valence-corrected chi connectivity index (χ0v) is 19.2. The van der Waals surface area contributed by atoms with Gasteiger partial charge < -0.3 is 23.9 Å². The van der Waals surface area contributed by atoms with E-state index in [2.05, 4.69) is 5.32 Å². The first-order chi connectivity index (χ1) is 15.6. The number of amides is 1. The Kier molecular flexibility index (Phi) is 8.34. The lowest BCUT2D eigenvalue weighted by Gasteiger charge is -2.12. The number of hydrogen-bond donors (Lipinski definition) is 1. The summed E-state index contributed by atoms with van der Waals surface area (Å²) in [7, 11) is 1.65. The molecule has 32 heavy (non-hydrogen) atoms. The SMILES string of the molecule is CCOCCCNC(=O)/C=C(\C)c1cc2c(-c3ccc(OC)cc3)coc2cc1OCC. The van der Waals surface area contributed by atoms with Gasteiger partial charge in [-0.3, -0.25) is 4.79 Å². The Bertz CT molecular complexity index is 1070. The molecule has 0 aliphatic rings. The molecule has 0 spiro atoms. The van der Waals surface area contributed by atoms with Gasteiger partial charge in [0.2, 0.25) is 5.91 Å². The quantitative estimate of drug-likeness (QED) is 0.319. The number of allylic oxidation sites excluding steroid dienone is 1. The van der Waals surface area contributed by atoms with E-state index in [1.165, 1.54) is 0 Å². The maximum absolute atomic E-state index is 12.4. The minimum atomic E-state index is -0.135. The van der Waals surface area contributed by atoms with Crippen LogP contribution in [0.15, 0.2) is 53.2 Å². The molecule has 170 valence electrons. The maximum Gasteiger partial charge on any atom is 0.244 e. The summed E-state index contributed by atoms with van der Waals surface area (Å²) < 4.78 is 22.2. The number of fused-ring (bicyclic) bond motifs is 1. The van der Waals surface area contributed by atoms with E-state index < -0.39 is 0 Å². The van der Waals surface area contributed by atoms with Crippen molar-refractivity contribution in [1.29, 1.82) is 0 Å². The minimum absolute atomic E-state index is 0.135. The molecule has 6 heteroatoms. The Morgan fingerprint density at radius 1 is 1.12 bits per heavy atom. The summed E-state index contributed by atoms with van der Waals surface area (Å²) in [4.78, 5) is 12.4. The number of ether oxygens (including phenoxy) is 3. The highest BCUT2D eigenvalue weighted by Crippen LogP contribution is 2.37. The highest BCUT2D eigenvalue weighted by molar-refractivity contribution is 6.00. The molecule has 0 atom stereocenters. The van der Waals surface area contributed by atoms with Crippen LogP contribution in [0.4, 0.5) is 0 Å². The second-order valence-electron chi connectivity index (χ2n) is 7.32. The van der Waals surface area contributed by atoms with Gasteiger partial charge in [-0.2, -0.15) is 0 Å². The summed E-state index contributed by atoms with van der Waals surface area (Å²) in [5, 5.41) is 3.86. The smallest absolute Gasteiger partial charge is 0.244 e. The second kappa shape index (κ2) is 11.4. The van der Waals surface area contributed by atoms with Crippen LogP contribution in [-0.4, -0.2) is 39.4 Å². The topological polar surface area (TPSA) is 69.9 Å². The van der Waals surface area contributed by atoms with Crippen LogP contribution in [-0.2, 0) is 9.53 Å². The number of carbonyl (C=O) groups excluding carboxylic acids is 1. The summed E-state index contributed by atoms with van der Waals surface area (Å²) >= 11 is 0. The molecule has 1 N–H and O–H groups in total. The van der Waals surface area contributed by atoms with Crippen LogP contribution < -0.4 is 14.8 Å². The summed E-state index contributed by atoms with van der Waals surface area (Å²) in [6, 6.07) is 11.8. The van der Waals surface area contributed by atoms with Gasteiger partial charge in [0.25, 0.3) is 0 Å². The van der Waals surface area contributed by atoms with Crippen molar-refractivity contribution in [2.45, 2.75) is 27.2 Å². The third-order valence-electron chi connectivity index (χ3n) is 5.12. The molecule has 0 unspecified atom stereocenters. The van der Waals surface area contributed by atoms with Crippen LogP contribution in [0, 0.1) is 0 Å². The van der Waals surface area contributed by atoms with Gasteiger partial charge in [0.05, 0.1) is 20.0 Å². The molecule has 0 fully saturated rings. The average molecular weight is 438 g/mol. The molecule has 3 aromatic rings. The molecule has 0 radical (unpaired) electrons. The van der Waals surface area contributed by atoms with Gasteiger partial charge in [0.1, 0.15) is 17.1 Å². The molecular weight excluding hydrogens is 406 g/mol. The van der Waals surface area contributed by atoms with E-state index in [1.807, 2.05) is 57.2 Å². The third-order valence-corrected chi connectivity index (χ3v) is 5.12. The highest BCUT2D eigenvalue weighted by Gasteiger charge is 2.15. The van der Waals surface area contributed by atoms with Crippen molar-refractivity contribution in [2.24, 2.45) is 0 Å². The van der Waals surface area contributed by atoms with Gasteiger partial charge >= 0.3 is 0 Å². The normalized spacial score (nSPS) is 11.6. The van der Waals surface area contributed by atoms with Crippen molar-refractivity contribution in [2.75, 3.05) is 33.5 Å². The van der Waals surface area contributed by atoms with Crippen molar-refractivity contribution in [1.82, 2.24) is 5.32 Å². The van der Waals surface area contributed by atoms with Crippen LogP contribution in [0.3, 0.4) is 0 Å². The van der Waals surface area contributed by atoms with Crippen molar-refractivity contribution in [3.8, 4) is 22.6 Å². The molecule has 0 saturated heterocycles. The van der Waals surface area contributed by atoms with Crippen LogP contribution >= 0.6 is 0 Å². The molecular formula is C26H31NO5. The van der Waals surface area contributed by atoms with Crippen LogP contribution in [0.1, 0.15) is 32.8 Å². The highest BCUT2D eigenvalue weighted by atomic mass is 16.5. The Balaban J connectivity index is 1.90. The Morgan fingerprint density at radius 2 is 1.91 bits per heavy atom.